The molecule has 2 aromatic carbocycles. The molecule has 3 rings (SSSR count). The van der Waals surface area contributed by atoms with Gasteiger partial charge in [0.2, 0.25) is 5.91 Å². The molecule has 0 fully saturated rings. The van der Waals surface area contributed by atoms with E-state index in [0.717, 1.165) is 4.68 Å². The van der Waals surface area contributed by atoms with E-state index in [0.29, 0.717) is 26.7 Å². The van der Waals surface area contributed by atoms with Crippen LogP contribution in [0.5, 0.6) is 0 Å². The van der Waals surface area contributed by atoms with Crippen LogP contribution in [0.1, 0.15) is 11.6 Å². The Hall–Kier alpha value is -2.86. The summed E-state index contributed by atoms with van der Waals surface area (Å²) in [5, 5.41) is 20.1. The van der Waals surface area contributed by atoms with Crippen LogP contribution >= 0.6 is 23.2 Å². The molecule has 0 aliphatic heterocycles. The van der Waals surface area contributed by atoms with E-state index in [1.807, 2.05) is 0 Å². The van der Waals surface area contributed by atoms with E-state index in [9.17, 15) is 27.9 Å². The van der Waals surface area contributed by atoms with Crippen molar-refractivity contribution in [1.82, 2.24) is 25.0 Å². The molecule has 0 radical (unpaired) electrons. The maximum atomic E-state index is 13.0. The van der Waals surface area contributed by atoms with Gasteiger partial charge in [-0.1, -0.05) is 41.4 Å². The molecule has 0 aliphatic rings. The minimum absolute atomic E-state index is 0.152. The Morgan fingerprint density at radius 3 is 2.40 bits per heavy atom. The number of carbonyl (C=O) groups is 1. The highest BCUT2D eigenvalue weighted by Gasteiger charge is 2.39. The van der Waals surface area contributed by atoms with Gasteiger partial charge in [-0.2, -0.15) is 13.2 Å². The minimum Gasteiger partial charge on any atom is -0.382 e. The number of benzene rings is 2. The minimum atomic E-state index is -4.95. The number of aromatic nitrogens is 3. The van der Waals surface area contributed by atoms with Gasteiger partial charge >= 0.3 is 11.9 Å². The number of alkyl halides is 3. The van der Waals surface area contributed by atoms with Gasteiger partial charge < -0.3 is 15.7 Å². The first-order chi connectivity index (χ1) is 16.5. The molecule has 1 aromatic heterocycles. The van der Waals surface area contributed by atoms with Crippen molar-refractivity contribution in [2.75, 3.05) is 13.6 Å². The van der Waals surface area contributed by atoms with Crippen molar-refractivity contribution < 1.29 is 23.1 Å². The number of nitrogens with one attached hydrogen (secondary N) is 2. The third kappa shape index (κ3) is 6.63. The van der Waals surface area contributed by atoms with Crippen molar-refractivity contribution in [2.24, 2.45) is 0 Å². The molecule has 0 saturated carbocycles. The van der Waals surface area contributed by atoms with Crippen LogP contribution in [-0.2, 0) is 17.9 Å². The lowest BCUT2D eigenvalue weighted by Crippen LogP contribution is -2.40. The molecule has 8 nitrogen and oxygen atoms in total. The zero-order chi connectivity index (χ0) is 25.8. The lowest BCUT2D eigenvalue weighted by atomic mass is 10.1. The summed E-state index contributed by atoms with van der Waals surface area (Å²) in [5.74, 6) is -0.767. The van der Waals surface area contributed by atoms with Crippen LogP contribution in [0, 0.1) is 0 Å². The number of hydrogen-bond acceptors (Lipinski definition) is 5. The fourth-order valence-electron chi connectivity index (χ4n) is 3.37. The standard InChI is InChI=1S/C22H22Cl2F3N5O3/c1-28-10-17(15-4-2-3-5-16(15)24)29-19(34)12-32-21(35)31(11-18(33)22(25,26)27)20(30-32)13-6-8-14(23)9-7-13/h2-9,17-18,28,33H,10-12H2,1H3,(H,29,34). The summed E-state index contributed by atoms with van der Waals surface area (Å²) in [6.45, 7) is -1.34. The van der Waals surface area contributed by atoms with Crippen molar-refractivity contribution >= 4 is 29.1 Å². The van der Waals surface area contributed by atoms with Gasteiger partial charge in [0.1, 0.15) is 6.54 Å². The predicted molar refractivity (Wildman–Crippen MR) is 125 cm³/mol. The Bertz CT molecular complexity index is 1230. The molecule has 13 heteroatoms. The number of amides is 1. The third-order valence-corrected chi connectivity index (χ3v) is 5.67. The van der Waals surface area contributed by atoms with Crippen LogP contribution in [-0.4, -0.2) is 51.2 Å². The number of carbonyl (C=O) groups excluding carboxylic acids is 1. The molecule has 0 spiro atoms. The maximum Gasteiger partial charge on any atom is 0.416 e. The average molecular weight is 532 g/mol. The zero-order valence-electron chi connectivity index (χ0n) is 18.4. The van der Waals surface area contributed by atoms with Gasteiger partial charge in [0.25, 0.3) is 0 Å². The summed E-state index contributed by atoms with van der Waals surface area (Å²) >= 11 is 12.1. The van der Waals surface area contributed by atoms with Crippen LogP contribution in [0.15, 0.2) is 53.3 Å². The molecule has 0 aliphatic carbocycles. The summed E-state index contributed by atoms with van der Waals surface area (Å²) in [6, 6.07) is 12.2. The highest BCUT2D eigenvalue weighted by Crippen LogP contribution is 2.24. The molecule has 35 heavy (non-hydrogen) atoms. The molecule has 2 atom stereocenters. The predicted octanol–water partition coefficient (Wildman–Crippen LogP) is 3.02. The topological polar surface area (TPSA) is 101 Å². The molecule has 3 N–H and O–H groups in total. The van der Waals surface area contributed by atoms with Gasteiger partial charge in [-0.15, -0.1) is 5.10 Å². The SMILES string of the molecule is CNCC(NC(=O)Cn1nc(-c2ccc(Cl)cc2)n(CC(O)C(F)(F)F)c1=O)c1ccccc1Cl. The number of halogens is 5. The van der Waals surface area contributed by atoms with Gasteiger partial charge in [0.05, 0.1) is 12.6 Å². The van der Waals surface area contributed by atoms with Crippen molar-refractivity contribution in [1.29, 1.82) is 0 Å². The van der Waals surface area contributed by atoms with Crippen LogP contribution in [0.4, 0.5) is 13.2 Å². The van der Waals surface area contributed by atoms with E-state index in [-0.39, 0.29) is 11.4 Å². The monoisotopic (exact) mass is 531 g/mol. The Balaban J connectivity index is 1.91. The second-order valence-corrected chi connectivity index (χ2v) is 8.48. The maximum absolute atomic E-state index is 13.0. The van der Waals surface area contributed by atoms with Gasteiger partial charge in [0, 0.05) is 22.2 Å². The third-order valence-electron chi connectivity index (χ3n) is 5.08. The molecular formula is C22H22Cl2F3N5O3. The molecule has 0 saturated heterocycles. The van der Waals surface area contributed by atoms with Crippen molar-refractivity contribution in [3.63, 3.8) is 0 Å². The van der Waals surface area contributed by atoms with Crippen LogP contribution in [0.25, 0.3) is 11.4 Å². The Labute approximate surface area is 208 Å². The quantitative estimate of drug-likeness (QED) is 0.394. The van der Waals surface area contributed by atoms with Crippen molar-refractivity contribution in [3.8, 4) is 11.4 Å². The van der Waals surface area contributed by atoms with E-state index in [1.54, 1.807) is 31.3 Å². The fraction of sp³-hybridized carbons (Fsp3) is 0.318. The van der Waals surface area contributed by atoms with Crippen LogP contribution in [0.2, 0.25) is 10.0 Å². The van der Waals surface area contributed by atoms with E-state index < -0.39 is 43.0 Å². The van der Waals surface area contributed by atoms with E-state index in [2.05, 4.69) is 15.7 Å². The average Bonchev–Trinajstić information content (AvgIpc) is 3.09. The van der Waals surface area contributed by atoms with Gasteiger partial charge in [-0.05, 0) is 42.9 Å². The highest BCUT2D eigenvalue weighted by molar-refractivity contribution is 6.31. The molecule has 3 aromatic rings. The van der Waals surface area contributed by atoms with Crippen molar-refractivity contribution in [3.05, 3.63) is 74.6 Å². The first-order valence-corrected chi connectivity index (χ1v) is 11.1. The van der Waals surface area contributed by atoms with Crippen molar-refractivity contribution in [2.45, 2.75) is 31.4 Å². The first kappa shape index (κ1) is 26.7. The number of aliphatic hydroxyl groups is 1. The summed E-state index contributed by atoms with van der Waals surface area (Å²) in [6.07, 6.45) is -7.76. The van der Waals surface area contributed by atoms with Gasteiger partial charge in [0.15, 0.2) is 11.9 Å². The van der Waals surface area contributed by atoms with Crippen LogP contribution in [0.3, 0.4) is 0 Å². The molecular weight excluding hydrogens is 510 g/mol. The first-order valence-electron chi connectivity index (χ1n) is 10.4. The summed E-state index contributed by atoms with van der Waals surface area (Å²) in [5.41, 5.74) is -0.0645. The van der Waals surface area contributed by atoms with E-state index in [1.165, 1.54) is 24.3 Å². The lowest BCUT2D eigenvalue weighted by Gasteiger charge is -2.20. The second-order valence-electron chi connectivity index (χ2n) is 7.64. The number of rotatable bonds is 9. The molecule has 188 valence electrons. The Morgan fingerprint density at radius 2 is 1.80 bits per heavy atom. The number of nitrogens with zero attached hydrogens (tertiary/aromatic N) is 3. The van der Waals surface area contributed by atoms with E-state index >= 15 is 0 Å². The lowest BCUT2D eigenvalue weighted by molar-refractivity contribution is -0.207. The summed E-state index contributed by atoms with van der Waals surface area (Å²) < 4.78 is 40.4. The second kappa shape index (κ2) is 11.3. The number of likely N-dealkylation sites (N-methyl/N-ethyl adjacent to an activating group) is 1. The summed E-state index contributed by atoms with van der Waals surface area (Å²) in [7, 11) is 1.69. The van der Waals surface area contributed by atoms with Gasteiger partial charge in [-0.25, -0.2) is 9.48 Å². The normalized spacial score (nSPS) is 13.5. The van der Waals surface area contributed by atoms with E-state index in [4.69, 9.17) is 23.2 Å². The smallest absolute Gasteiger partial charge is 0.382 e. The molecule has 1 amide bonds. The molecule has 0 bridgehead atoms. The molecule has 2 unspecified atom stereocenters. The highest BCUT2D eigenvalue weighted by atomic mass is 35.5. The molecule has 1 heterocycles. The van der Waals surface area contributed by atoms with Crippen LogP contribution < -0.4 is 16.3 Å². The van der Waals surface area contributed by atoms with Gasteiger partial charge in [-0.3, -0.25) is 9.36 Å². The Morgan fingerprint density at radius 1 is 1.14 bits per heavy atom. The largest absolute Gasteiger partial charge is 0.416 e. The number of aliphatic hydroxyl groups excluding tert-OH is 1. The zero-order valence-corrected chi connectivity index (χ0v) is 19.9. The Kier molecular flexibility index (Phi) is 8.60. The number of hydrogen-bond donors (Lipinski definition) is 3. The summed E-state index contributed by atoms with van der Waals surface area (Å²) in [4.78, 5) is 25.7. The fourth-order valence-corrected chi connectivity index (χ4v) is 3.77.